The van der Waals surface area contributed by atoms with Crippen molar-refractivity contribution in [2.24, 2.45) is 0 Å². The quantitative estimate of drug-likeness (QED) is 0.181. The number of fused-ring (bicyclic) bond motifs is 6. The molecule has 0 aliphatic heterocycles. The van der Waals surface area contributed by atoms with E-state index in [2.05, 4.69) is 166 Å². The summed E-state index contributed by atoms with van der Waals surface area (Å²) >= 11 is 1.86. The zero-order valence-corrected chi connectivity index (χ0v) is 29.7. The van der Waals surface area contributed by atoms with E-state index in [1.165, 1.54) is 42.4 Å². The van der Waals surface area contributed by atoms with Crippen LogP contribution in [0.5, 0.6) is 0 Å². The molecule has 0 N–H and O–H groups in total. The normalized spacial score (nSPS) is 13.0. The van der Waals surface area contributed by atoms with Gasteiger partial charge in [0.2, 0.25) is 0 Å². The first kappa shape index (κ1) is 30.6. The molecule has 0 saturated carbocycles. The Kier molecular flexibility index (Phi) is 7.02. The molecule has 0 unspecified atom stereocenters. The van der Waals surface area contributed by atoms with E-state index >= 15 is 0 Å². The predicted molar refractivity (Wildman–Crippen MR) is 217 cm³/mol. The van der Waals surface area contributed by atoms with Crippen LogP contribution < -0.4 is 0 Å². The lowest BCUT2D eigenvalue weighted by Gasteiger charge is -2.24. The van der Waals surface area contributed by atoms with E-state index in [1.54, 1.807) is 0 Å². The first-order valence-corrected chi connectivity index (χ1v) is 18.5. The summed E-state index contributed by atoms with van der Waals surface area (Å²) in [5.74, 6) is 0.715. The average Bonchev–Trinajstić information content (AvgIpc) is 3.70. The topological polar surface area (TPSA) is 38.7 Å². The smallest absolute Gasteiger partial charge is 0.160 e. The minimum Gasteiger partial charge on any atom is -0.248 e. The molecule has 0 amide bonds. The van der Waals surface area contributed by atoms with Gasteiger partial charge in [-0.15, -0.1) is 11.3 Å². The van der Waals surface area contributed by atoms with E-state index in [1.807, 2.05) is 23.5 Å². The summed E-state index contributed by atoms with van der Waals surface area (Å²) in [6.07, 6.45) is 0. The largest absolute Gasteiger partial charge is 0.248 e. The highest BCUT2D eigenvalue weighted by Gasteiger charge is 2.40. The Hall–Kier alpha value is -6.23. The number of rotatable bonds is 5. The summed E-state index contributed by atoms with van der Waals surface area (Å²) in [6.45, 7) is 4.59. The Labute approximate surface area is 307 Å². The van der Waals surface area contributed by atoms with Gasteiger partial charge in [-0.25, -0.2) is 15.0 Å². The van der Waals surface area contributed by atoms with Crippen molar-refractivity contribution in [2.75, 3.05) is 0 Å². The Morgan fingerprint density at radius 3 is 1.75 bits per heavy atom. The van der Waals surface area contributed by atoms with Gasteiger partial charge in [-0.1, -0.05) is 159 Å². The molecule has 9 aromatic rings. The minimum absolute atomic E-state index is 0.296. The monoisotopic (exact) mass is 683 g/mol. The third-order valence-electron chi connectivity index (χ3n) is 10.5. The second-order valence-corrected chi connectivity index (χ2v) is 15.1. The zero-order valence-electron chi connectivity index (χ0n) is 28.8. The molecule has 6 aromatic carbocycles. The van der Waals surface area contributed by atoms with Gasteiger partial charge in [-0.3, -0.25) is 0 Å². The highest BCUT2D eigenvalue weighted by Crippen LogP contribution is 2.52. The fourth-order valence-corrected chi connectivity index (χ4v) is 9.15. The van der Waals surface area contributed by atoms with Crippen molar-refractivity contribution in [1.29, 1.82) is 0 Å². The van der Waals surface area contributed by atoms with Crippen LogP contribution in [-0.2, 0) is 5.41 Å². The van der Waals surface area contributed by atoms with Crippen LogP contribution >= 0.6 is 11.3 Å². The lowest BCUT2D eigenvalue weighted by atomic mass is 9.80. The van der Waals surface area contributed by atoms with Crippen LogP contribution in [0.2, 0.25) is 0 Å². The molecule has 4 heteroatoms. The molecule has 3 nitrogen and oxygen atoms in total. The fraction of sp³-hybridized carbons (Fsp3) is 0.0625. The average molecular weight is 684 g/mol. The molecule has 10 rings (SSSR count). The summed E-state index contributed by atoms with van der Waals surface area (Å²) in [5, 5.41) is 2.61. The summed E-state index contributed by atoms with van der Waals surface area (Å²) in [7, 11) is 0. The molecule has 0 atom stereocenters. The van der Waals surface area contributed by atoms with Crippen molar-refractivity contribution in [3.05, 3.63) is 175 Å². The van der Waals surface area contributed by atoms with Crippen molar-refractivity contribution in [3.63, 3.8) is 0 Å². The molecule has 0 radical (unpaired) electrons. The molecule has 0 saturated heterocycles. The maximum Gasteiger partial charge on any atom is 0.160 e. The third kappa shape index (κ3) is 4.90. The number of hydrogen-bond donors (Lipinski definition) is 0. The van der Waals surface area contributed by atoms with Crippen molar-refractivity contribution in [2.45, 2.75) is 19.3 Å². The molecular formula is C48H33N3S. The van der Waals surface area contributed by atoms with Gasteiger partial charge < -0.3 is 0 Å². The summed E-state index contributed by atoms with van der Waals surface area (Å²) in [5.41, 5.74) is 13.6. The van der Waals surface area contributed by atoms with E-state index in [0.29, 0.717) is 5.82 Å². The van der Waals surface area contributed by atoms with E-state index in [-0.39, 0.29) is 5.41 Å². The summed E-state index contributed by atoms with van der Waals surface area (Å²) < 4.78 is 2.62. The van der Waals surface area contributed by atoms with E-state index in [4.69, 9.17) is 15.0 Å². The molecule has 0 spiro atoms. The first-order valence-electron chi connectivity index (χ1n) is 17.7. The van der Waals surface area contributed by atoms with Gasteiger partial charge in [-0.05, 0) is 34.9 Å². The van der Waals surface area contributed by atoms with Crippen LogP contribution in [-0.4, -0.2) is 15.0 Å². The van der Waals surface area contributed by atoms with Gasteiger partial charge in [0.1, 0.15) is 0 Å². The van der Waals surface area contributed by atoms with Crippen LogP contribution in [0, 0.1) is 0 Å². The highest BCUT2D eigenvalue weighted by atomic mass is 32.1. The predicted octanol–water partition coefficient (Wildman–Crippen LogP) is 12.9. The highest BCUT2D eigenvalue weighted by molar-refractivity contribution is 7.26. The summed E-state index contributed by atoms with van der Waals surface area (Å²) in [6, 6.07) is 58.0. The second-order valence-electron chi connectivity index (χ2n) is 14.0. The first-order chi connectivity index (χ1) is 25.5. The molecule has 1 aliphatic rings. The van der Waals surface area contributed by atoms with Crippen molar-refractivity contribution in [1.82, 2.24) is 15.0 Å². The molecule has 1 aliphatic carbocycles. The van der Waals surface area contributed by atoms with Crippen molar-refractivity contribution < 1.29 is 0 Å². The van der Waals surface area contributed by atoms with E-state index in [0.717, 1.165) is 50.6 Å². The molecule has 246 valence electrons. The second kappa shape index (κ2) is 11.9. The van der Waals surface area contributed by atoms with E-state index < -0.39 is 0 Å². The lowest BCUT2D eigenvalue weighted by molar-refractivity contribution is 0.658. The van der Waals surface area contributed by atoms with Crippen molar-refractivity contribution in [3.8, 4) is 67.5 Å². The standard InChI is InChI=1S/C48H33N3S/c1-48(2)39-22-11-9-19-38(39)45-43(48)44(34-28-40(31-14-5-3-6-15-31)49-41(29-34)32-16-7-4-8-17-32)50-47(51-45)33-26-24-30(25-27-33)35-20-13-21-37-36-18-10-12-23-42(36)52-46(35)37/h3-29H,1-2H3. The van der Waals surface area contributed by atoms with Gasteiger partial charge in [0.15, 0.2) is 5.82 Å². The molecule has 3 aromatic heterocycles. The van der Waals surface area contributed by atoms with Gasteiger partial charge in [0.25, 0.3) is 0 Å². The van der Waals surface area contributed by atoms with Crippen LogP contribution in [0.1, 0.15) is 25.0 Å². The Morgan fingerprint density at radius 1 is 0.442 bits per heavy atom. The maximum absolute atomic E-state index is 5.48. The SMILES string of the molecule is CC1(C)c2ccccc2-c2nc(-c3ccc(-c4cccc5c4sc4ccccc45)cc3)nc(-c3cc(-c4ccccc4)nc(-c4ccccc4)c3)c21. The van der Waals surface area contributed by atoms with Crippen LogP contribution in [0.25, 0.3) is 87.7 Å². The molecule has 0 fully saturated rings. The number of thiophene rings is 1. The molecular weight excluding hydrogens is 651 g/mol. The van der Waals surface area contributed by atoms with Gasteiger partial charge in [0, 0.05) is 59.0 Å². The van der Waals surface area contributed by atoms with Crippen LogP contribution in [0.15, 0.2) is 164 Å². The number of pyridine rings is 1. The molecule has 3 heterocycles. The lowest BCUT2D eigenvalue weighted by Crippen LogP contribution is -2.17. The Balaban J connectivity index is 1.17. The number of hydrogen-bond acceptors (Lipinski definition) is 4. The zero-order chi connectivity index (χ0) is 34.8. The van der Waals surface area contributed by atoms with E-state index in [9.17, 15) is 0 Å². The number of benzene rings is 6. The molecule has 52 heavy (non-hydrogen) atoms. The van der Waals surface area contributed by atoms with Gasteiger partial charge >= 0.3 is 0 Å². The third-order valence-corrected chi connectivity index (χ3v) is 11.7. The summed E-state index contributed by atoms with van der Waals surface area (Å²) in [4.78, 5) is 16.0. The Bertz CT molecular complexity index is 2740. The van der Waals surface area contributed by atoms with Crippen LogP contribution in [0.3, 0.4) is 0 Å². The van der Waals surface area contributed by atoms with Gasteiger partial charge in [-0.2, -0.15) is 0 Å². The Morgan fingerprint density at radius 2 is 1.02 bits per heavy atom. The maximum atomic E-state index is 5.48. The fourth-order valence-electron chi connectivity index (χ4n) is 7.91. The van der Waals surface area contributed by atoms with Crippen LogP contribution in [0.4, 0.5) is 0 Å². The minimum atomic E-state index is -0.296. The number of aromatic nitrogens is 3. The van der Waals surface area contributed by atoms with Crippen molar-refractivity contribution >= 4 is 31.5 Å². The van der Waals surface area contributed by atoms with Gasteiger partial charge in [0.05, 0.1) is 22.8 Å². The number of nitrogens with zero attached hydrogens (tertiary/aromatic N) is 3. The molecule has 0 bridgehead atoms.